The number of hydrogen-bond donors (Lipinski definition) is 1. The van der Waals surface area contributed by atoms with Gasteiger partial charge in [0.15, 0.2) is 0 Å². The number of carbonyl (C=O) groups is 1. The van der Waals surface area contributed by atoms with Crippen molar-refractivity contribution in [2.45, 2.75) is 51.0 Å². The summed E-state index contributed by atoms with van der Waals surface area (Å²) in [5.41, 5.74) is 0. The van der Waals surface area contributed by atoms with Gasteiger partial charge in [-0.15, -0.1) is 0 Å². The van der Waals surface area contributed by atoms with Crippen LogP contribution in [0.1, 0.15) is 32.6 Å². The van der Waals surface area contributed by atoms with E-state index in [1.807, 2.05) is 0 Å². The van der Waals surface area contributed by atoms with Crippen LogP contribution in [0, 0.1) is 11.8 Å². The maximum Gasteiger partial charge on any atom is 0.411 e. The molecule has 0 aliphatic heterocycles. The normalized spacial score (nSPS) is 24.9. The summed E-state index contributed by atoms with van der Waals surface area (Å²) in [6.45, 7) is -0.476. The zero-order chi connectivity index (χ0) is 17.0. The van der Waals surface area contributed by atoms with E-state index in [9.17, 15) is 31.1 Å². The maximum absolute atomic E-state index is 12.9. The lowest BCUT2D eigenvalue weighted by molar-refractivity contribution is -0.198. The Hall–Kier alpha value is -0.990. The van der Waals surface area contributed by atoms with E-state index in [4.69, 9.17) is 0 Å². The number of alkyl halides is 6. The second kappa shape index (κ2) is 7.52. The number of halogens is 6. The molecular formula is C13H19F6NO2. The van der Waals surface area contributed by atoms with E-state index in [0.717, 1.165) is 0 Å². The van der Waals surface area contributed by atoms with Crippen molar-refractivity contribution in [3.8, 4) is 0 Å². The van der Waals surface area contributed by atoms with Gasteiger partial charge in [-0.3, -0.25) is 4.79 Å². The molecule has 3 nitrogen and oxygen atoms in total. The fraction of sp³-hybridized carbons (Fsp3) is 0.923. The highest BCUT2D eigenvalue weighted by atomic mass is 19.4. The fourth-order valence-electron chi connectivity index (χ4n) is 2.58. The number of amides is 1. The number of nitrogens with one attached hydrogen (secondary N) is 1. The van der Waals surface area contributed by atoms with E-state index in [2.05, 4.69) is 10.1 Å². The number of ether oxygens (including phenoxy) is 1. The SMILES string of the molecule is CC(COCC(F)(F)F)NC(=O)C1CCCCC1C(F)(F)F. The molecule has 0 radical (unpaired) electrons. The highest BCUT2D eigenvalue weighted by Gasteiger charge is 2.48. The summed E-state index contributed by atoms with van der Waals surface area (Å²) >= 11 is 0. The average molecular weight is 335 g/mol. The second-order valence-corrected chi connectivity index (χ2v) is 5.58. The van der Waals surface area contributed by atoms with Crippen molar-refractivity contribution in [3.05, 3.63) is 0 Å². The van der Waals surface area contributed by atoms with Gasteiger partial charge in [0.25, 0.3) is 0 Å². The first-order valence-corrected chi connectivity index (χ1v) is 7.02. The van der Waals surface area contributed by atoms with Gasteiger partial charge in [-0.25, -0.2) is 0 Å². The van der Waals surface area contributed by atoms with Gasteiger partial charge in [-0.2, -0.15) is 26.3 Å². The van der Waals surface area contributed by atoms with Crippen molar-refractivity contribution in [1.29, 1.82) is 0 Å². The Morgan fingerprint density at radius 3 is 2.32 bits per heavy atom. The molecule has 1 rings (SSSR count). The van der Waals surface area contributed by atoms with Crippen LogP contribution in [0.3, 0.4) is 0 Å². The smallest absolute Gasteiger partial charge is 0.370 e. The molecule has 1 aliphatic carbocycles. The first-order chi connectivity index (χ1) is 10.0. The molecule has 0 aromatic rings. The summed E-state index contributed by atoms with van der Waals surface area (Å²) < 4.78 is 78.8. The van der Waals surface area contributed by atoms with Gasteiger partial charge in [0.1, 0.15) is 6.61 Å². The monoisotopic (exact) mass is 335 g/mol. The third-order valence-electron chi connectivity index (χ3n) is 3.55. The highest BCUT2D eigenvalue weighted by Crippen LogP contribution is 2.41. The molecule has 3 atom stereocenters. The summed E-state index contributed by atoms with van der Waals surface area (Å²) in [6.07, 6.45) is -7.94. The van der Waals surface area contributed by atoms with Crippen molar-refractivity contribution in [3.63, 3.8) is 0 Å². The Bertz CT molecular complexity index is 369. The summed E-state index contributed by atoms with van der Waals surface area (Å²) in [4.78, 5) is 11.9. The van der Waals surface area contributed by atoms with Crippen molar-refractivity contribution >= 4 is 5.91 Å². The molecule has 0 aromatic carbocycles. The van der Waals surface area contributed by atoms with Gasteiger partial charge < -0.3 is 10.1 Å². The van der Waals surface area contributed by atoms with Crippen molar-refractivity contribution in [2.24, 2.45) is 11.8 Å². The molecule has 130 valence electrons. The molecule has 1 saturated carbocycles. The number of hydrogen-bond acceptors (Lipinski definition) is 2. The molecular weight excluding hydrogens is 316 g/mol. The lowest BCUT2D eigenvalue weighted by Gasteiger charge is -2.32. The van der Waals surface area contributed by atoms with Crippen LogP contribution in [0.15, 0.2) is 0 Å². The van der Waals surface area contributed by atoms with Crippen molar-refractivity contribution < 1.29 is 35.9 Å². The van der Waals surface area contributed by atoms with Gasteiger partial charge >= 0.3 is 12.4 Å². The molecule has 0 saturated heterocycles. The Morgan fingerprint density at radius 1 is 1.18 bits per heavy atom. The fourth-order valence-corrected chi connectivity index (χ4v) is 2.58. The van der Waals surface area contributed by atoms with E-state index < -0.39 is 49.4 Å². The standard InChI is InChI=1S/C13H19F6NO2/c1-8(6-22-7-12(14,15)16)20-11(21)9-4-2-3-5-10(9)13(17,18)19/h8-10H,2-7H2,1H3,(H,20,21). The van der Waals surface area contributed by atoms with E-state index in [1.165, 1.54) is 6.92 Å². The number of carbonyl (C=O) groups excluding carboxylic acids is 1. The van der Waals surface area contributed by atoms with Gasteiger partial charge in [-0.05, 0) is 19.8 Å². The van der Waals surface area contributed by atoms with Crippen LogP contribution in [0.25, 0.3) is 0 Å². The molecule has 22 heavy (non-hydrogen) atoms. The van der Waals surface area contributed by atoms with E-state index in [0.29, 0.717) is 12.8 Å². The predicted molar refractivity (Wildman–Crippen MR) is 66.0 cm³/mol. The number of rotatable bonds is 5. The van der Waals surface area contributed by atoms with E-state index in [-0.39, 0.29) is 12.8 Å². The van der Waals surface area contributed by atoms with Gasteiger partial charge in [0.05, 0.1) is 12.5 Å². The lowest BCUT2D eigenvalue weighted by Crippen LogP contribution is -2.46. The van der Waals surface area contributed by atoms with Gasteiger partial charge in [-0.1, -0.05) is 12.8 Å². The topological polar surface area (TPSA) is 38.3 Å². The summed E-state index contributed by atoms with van der Waals surface area (Å²) in [5, 5.41) is 2.31. The largest absolute Gasteiger partial charge is 0.411 e. The zero-order valence-corrected chi connectivity index (χ0v) is 12.1. The predicted octanol–water partition coefficient (Wildman–Crippen LogP) is 3.44. The average Bonchev–Trinajstić information content (AvgIpc) is 2.36. The van der Waals surface area contributed by atoms with Crippen molar-refractivity contribution in [2.75, 3.05) is 13.2 Å². The second-order valence-electron chi connectivity index (χ2n) is 5.58. The zero-order valence-electron chi connectivity index (χ0n) is 12.1. The molecule has 0 aromatic heterocycles. The van der Waals surface area contributed by atoms with E-state index >= 15 is 0 Å². The molecule has 0 spiro atoms. The first kappa shape index (κ1) is 19.1. The Labute approximate surface area is 124 Å². The molecule has 3 unspecified atom stereocenters. The lowest BCUT2D eigenvalue weighted by atomic mass is 9.78. The van der Waals surface area contributed by atoms with Gasteiger partial charge in [0.2, 0.25) is 5.91 Å². The molecule has 1 fully saturated rings. The van der Waals surface area contributed by atoms with Crippen molar-refractivity contribution in [1.82, 2.24) is 5.32 Å². The van der Waals surface area contributed by atoms with Crippen LogP contribution in [0.5, 0.6) is 0 Å². The van der Waals surface area contributed by atoms with Crippen LogP contribution in [-0.4, -0.2) is 37.5 Å². The van der Waals surface area contributed by atoms with Gasteiger partial charge in [0, 0.05) is 12.0 Å². The van der Waals surface area contributed by atoms with Crippen LogP contribution in [0.2, 0.25) is 0 Å². The summed E-state index contributed by atoms with van der Waals surface area (Å²) in [5.74, 6) is -3.64. The van der Waals surface area contributed by atoms with E-state index in [1.54, 1.807) is 0 Å². The van der Waals surface area contributed by atoms with Crippen LogP contribution in [-0.2, 0) is 9.53 Å². The minimum atomic E-state index is -4.48. The van der Waals surface area contributed by atoms with Crippen LogP contribution >= 0.6 is 0 Å². The Morgan fingerprint density at radius 2 is 1.77 bits per heavy atom. The molecule has 0 bridgehead atoms. The minimum absolute atomic E-state index is 0.0967. The maximum atomic E-state index is 12.9. The Kier molecular flexibility index (Phi) is 6.51. The molecule has 1 aliphatic rings. The third kappa shape index (κ3) is 6.41. The molecule has 9 heteroatoms. The Balaban J connectivity index is 2.48. The molecule has 1 N–H and O–H groups in total. The summed E-state index contributed by atoms with van der Waals surface area (Å²) in [6, 6.07) is -0.786. The minimum Gasteiger partial charge on any atom is -0.370 e. The first-order valence-electron chi connectivity index (χ1n) is 7.02. The highest BCUT2D eigenvalue weighted by molar-refractivity contribution is 5.79. The third-order valence-corrected chi connectivity index (χ3v) is 3.55. The summed E-state index contributed by atoms with van der Waals surface area (Å²) in [7, 11) is 0. The molecule has 0 heterocycles. The quantitative estimate of drug-likeness (QED) is 0.782. The van der Waals surface area contributed by atoms with Crippen LogP contribution in [0.4, 0.5) is 26.3 Å². The molecule has 1 amide bonds. The van der Waals surface area contributed by atoms with Crippen LogP contribution < -0.4 is 5.32 Å².